The van der Waals surface area contributed by atoms with Gasteiger partial charge in [-0.05, 0) is 55.5 Å². The predicted molar refractivity (Wildman–Crippen MR) is 103 cm³/mol. The van der Waals surface area contributed by atoms with Gasteiger partial charge < -0.3 is 19.7 Å². The molecule has 1 aliphatic rings. The summed E-state index contributed by atoms with van der Waals surface area (Å²) in [4.78, 5) is 14.2. The van der Waals surface area contributed by atoms with Crippen molar-refractivity contribution in [3.63, 3.8) is 0 Å². The summed E-state index contributed by atoms with van der Waals surface area (Å²) >= 11 is 0. The van der Waals surface area contributed by atoms with Crippen LogP contribution in [0.2, 0.25) is 0 Å². The summed E-state index contributed by atoms with van der Waals surface area (Å²) in [5, 5.41) is 3.34. The summed E-state index contributed by atoms with van der Waals surface area (Å²) in [5.41, 5.74) is 0.715. The maximum Gasteiger partial charge on any atom is 0.387 e. The van der Waals surface area contributed by atoms with Gasteiger partial charge in [0.25, 0.3) is 0 Å². The van der Waals surface area contributed by atoms with E-state index in [1.807, 2.05) is 0 Å². The van der Waals surface area contributed by atoms with Gasteiger partial charge in [0.2, 0.25) is 5.91 Å². The third-order valence-corrected chi connectivity index (χ3v) is 4.97. The van der Waals surface area contributed by atoms with Crippen LogP contribution in [0.3, 0.4) is 0 Å². The van der Waals surface area contributed by atoms with Gasteiger partial charge in [-0.2, -0.15) is 8.78 Å². The Morgan fingerprint density at radius 2 is 1.96 bits per heavy atom. The van der Waals surface area contributed by atoms with Crippen molar-refractivity contribution in [3.8, 4) is 11.5 Å². The van der Waals surface area contributed by atoms with E-state index in [0.717, 1.165) is 25.9 Å². The molecule has 1 unspecified atom stereocenters. The van der Waals surface area contributed by atoms with Gasteiger partial charge in [0.1, 0.15) is 0 Å². The van der Waals surface area contributed by atoms with Crippen LogP contribution in [0.15, 0.2) is 18.2 Å². The molecule has 1 heterocycles. The van der Waals surface area contributed by atoms with Crippen LogP contribution in [0, 0.1) is 11.8 Å². The van der Waals surface area contributed by atoms with Crippen LogP contribution in [0.4, 0.5) is 8.78 Å². The summed E-state index contributed by atoms with van der Waals surface area (Å²) in [7, 11) is 3.13. The molecule has 0 spiro atoms. The van der Waals surface area contributed by atoms with Gasteiger partial charge in [0.05, 0.1) is 7.11 Å². The SMILES string of the molecule is COc1ccc(CN(C)C(=O)CC(C)C2CCNCC2)cc1OC(F)F.Cl. The fraction of sp³-hybridized carbons (Fsp3) is 0.632. The highest BCUT2D eigenvalue weighted by atomic mass is 35.5. The highest BCUT2D eigenvalue weighted by molar-refractivity contribution is 5.85. The van der Waals surface area contributed by atoms with E-state index in [1.165, 1.54) is 13.2 Å². The lowest BCUT2D eigenvalue weighted by Gasteiger charge is -2.29. The van der Waals surface area contributed by atoms with Crippen LogP contribution in [0.1, 0.15) is 31.7 Å². The highest BCUT2D eigenvalue weighted by Gasteiger charge is 2.23. The average Bonchev–Trinajstić information content (AvgIpc) is 2.62. The van der Waals surface area contributed by atoms with Crippen molar-refractivity contribution in [1.29, 1.82) is 0 Å². The zero-order valence-corrected chi connectivity index (χ0v) is 16.9. The van der Waals surface area contributed by atoms with Gasteiger partial charge >= 0.3 is 6.61 Å². The summed E-state index contributed by atoms with van der Waals surface area (Å²) in [6.45, 7) is 1.56. The number of piperidine rings is 1. The molecule has 2 rings (SSSR count). The van der Waals surface area contributed by atoms with Crippen molar-refractivity contribution < 1.29 is 23.0 Å². The molecule has 8 heteroatoms. The monoisotopic (exact) mass is 406 g/mol. The van der Waals surface area contributed by atoms with Gasteiger partial charge in [-0.25, -0.2) is 0 Å². The molecule has 0 aliphatic carbocycles. The first-order valence-electron chi connectivity index (χ1n) is 8.97. The lowest BCUT2D eigenvalue weighted by molar-refractivity contribution is -0.131. The highest BCUT2D eigenvalue weighted by Crippen LogP contribution is 2.30. The molecule has 0 aromatic heterocycles. The van der Waals surface area contributed by atoms with Crippen molar-refractivity contribution in [1.82, 2.24) is 10.2 Å². The quantitative estimate of drug-likeness (QED) is 0.715. The molecular formula is C19H29ClF2N2O3. The Bertz CT molecular complexity index is 598. The molecule has 5 nitrogen and oxygen atoms in total. The standard InChI is InChI=1S/C19H28F2N2O3.ClH/c1-13(15-6-8-22-9-7-15)10-18(24)23(2)12-14-4-5-16(25-3)17(11-14)26-19(20)21;/h4-5,11,13,15,19,22H,6-10,12H2,1-3H3;1H. The molecule has 0 saturated carbocycles. The second-order valence-electron chi connectivity index (χ2n) is 6.88. The van der Waals surface area contributed by atoms with Crippen LogP contribution >= 0.6 is 12.4 Å². The van der Waals surface area contributed by atoms with E-state index < -0.39 is 6.61 Å². The maximum absolute atomic E-state index is 12.5. The summed E-state index contributed by atoms with van der Waals surface area (Å²) < 4.78 is 34.6. The van der Waals surface area contributed by atoms with E-state index in [1.54, 1.807) is 24.1 Å². The normalized spacial score (nSPS) is 15.8. The Balaban J connectivity index is 0.00000364. The number of carbonyl (C=O) groups excluding carboxylic acids is 1. The van der Waals surface area contributed by atoms with Crippen LogP contribution in [0.5, 0.6) is 11.5 Å². The second-order valence-corrected chi connectivity index (χ2v) is 6.88. The summed E-state index contributed by atoms with van der Waals surface area (Å²) in [6.07, 6.45) is 2.70. The number of ether oxygens (including phenoxy) is 2. The Labute approximate surface area is 165 Å². The fourth-order valence-electron chi connectivity index (χ4n) is 3.38. The van der Waals surface area contributed by atoms with Crippen molar-refractivity contribution in [2.45, 2.75) is 39.3 Å². The Kier molecular flexibility index (Phi) is 9.80. The van der Waals surface area contributed by atoms with Gasteiger partial charge in [-0.3, -0.25) is 4.79 Å². The maximum atomic E-state index is 12.5. The minimum atomic E-state index is -2.93. The largest absolute Gasteiger partial charge is 0.493 e. The molecule has 1 saturated heterocycles. The Morgan fingerprint density at radius 1 is 1.30 bits per heavy atom. The van der Waals surface area contributed by atoms with Crippen LogP contribution < -0.4 is 14.8 Å². The molecule has 1 atom stereocenters. The zero-order chi connectivity index (χ0) is 19.1. The zero-order valence-electron chi connectivity index (χ0n) is 16.0. The average molecular weight is 407 g/mol. The number of nitrogens with one attached hydrogen (secondary N) is 1. The molecule has 1 amide bonds. The number of carbonyl (C=O) groups is 1. The van der Waals surface area contributed by atoms with Crippen molar-refractivity contribution in [2.75, 3.05) is 27.2 Å². The van der Waals surface area contributed by atoms with Gasteiger partial charge in [0.15, 0.2) is 11.5 Å². The molecule has 27 heavy (non-hydrogen) atoms. The summed E-state index contributed by atoms with van der Waals surface area (Å²) in [6, 6.07) is 4.81. The molecule has 154 valence electrons. The molecule has 0 radical (unpaired) electrons. The summed E-state index contributed by atoms with van der Waals surface area (Å²) in [5.74, 6) is 1.18. The number of hydrogen-bond acceptors (Lipinski definition) is 4. The minimum Gasteiger partial charge on any atom is -0.493 e. The van der Waals surface area contributed by atoms with Crippen LogP contribution in [-0.4, -0.2) is 44.7 Å². The number of methoxy groups -OCH3 is 1. The molecule has 1 fully saturated rings. The van der Waals surface area contributed by atoms with Crippen LogP contribution in [-0.2, 0) is 11.3 Å². The number of nitrogens with zero attached hydrogens (tertiary/aromatic N) is 1. The number of rotatable bonds is 8. The molecule has 1 aromatic carbocycles. The second kappa shape index (κ2) is 11.3. The third-order valence-electron chi connectivity index (χ3n) is 4.97. The Morgan fingerprint density at radius 3 is 2.56 bits per heavy atom. The topological polar surface area (TPSA) is 50.8 Å². The van der Waals surface area contributed by atoms with Gasteiger partial charge in [0, 0.05) is 20.0 Å². The predicted octanol–water partition coefficient (Wildman–Crippen LogP) is 3.70. The molecule has 1 aromatic rings. The van der Waals surface area contributed by atoms with E-state index in [-0.39, 0.29) is 29.8 Å². The van der Waals surface area contributed by atoms with E-state index in [4.69, 9.17) is 4.74 Å². The van der Waals surface area contributed by atoms with Crippen molar-refractivity contribution in [2.24, 2.45) is 11.8 Å². The number of alkyl halides is 2. The van der Waals surface area contributed by atoms with Crippen molar-refractivity contribution >= 4 is 18.3 Å². The smallest absolute Gasteiger partial charge is 0.387 e. The Hall–Kier alpha value is -1.60. The van der Waals surface area contributed by atoms with Crippen LogP contribution in [0.25, 0.3) is 0 Å². The fourth-order valence-corrected chi connectivity index (χ4v) is 3.38. The van der Waals surface area contributed by atoms with E-state index in [2.05, 4.69) is 17.0 Å². The first-order valence-corrected chi connectivity index (χ1v) is 8.97. The van der Waals surface area contributed by atoms with E-state index in [0.29, 0.717) is 30.4 Å². The molecular weight excluding hydrogens is 378 g/mol. The lowest BCUT2D eigenvalue weighted by Crippen LogP contribution is -2.34. The van der Waals surface area contributed by atoms with Gasteiger partial charge in [-0.15, -0.1) is 12.4 Å². The number of halogens is 3. The molecule has 0 bridgehead atoms. The number of amides is 1. The van der Waals surface area contributed by atoms with Crippen molar-refractivity contribution in [3.05, 3.63) is 23.8 Å². The van der Waals surface area contributed by atoms with E-state index in [9.17, 15) is 13.6 Å². The minimum absolute atomic E-state index is 0. The first kappa shape index (κ1) is 23.4. The van der Waals surface area contributed by atoms with E-state index >= 15 is 0 Å². The lowest BCUT2D eigenvalue weighted by atomic mass is 9.84. The molecule has 1 aliphatic heterocycles. The van der Waals surface area contributed by atoms with Gasteiger partial charge in [-0.1, -0.05) is 13.0 Å². The third kappa shape index (κ3) is 7.14. The first-order chi connectivity index (χ1) is 12.4. The number of benzene rings is 1. The number of hydrogen-bond donors (Lipinski definition) is 1. The molecule has 1 N–H and O–H groups in total.